The molecule has 2 radical (unpaired) electrons. The molecule has 0 heterocycles. The third-order valence-electron chi connectivity index (χ3n) is 1.66. The summed E-state index contributed by atoms with van der Waals surface area (Å²) >= 11 is 0. The Morgan fingerprint density at radius 3 is 2.46 bits per heavy atom. The van der Waals surface area contributed by atoms with E-state index in [-0.39, 0.29) is 13.2 Å². The number of hydrogen-bond donors (Lipinski definition) is 1. The van der Waals surface area contributed by atoms with E-state index in [9.17, 15) is 4.39 Å². The molecule has 0 saturated heterocycles. The zero-order valence-corrected chi connectivity index (χ0v) is 8.29. The molecule has 0 amide bonds. The fourth-order valence-electron chi connectivity index (χ4n) is 0.845. The Bertz CT molecular complexity index is 145. The third-order valence-corrected chi connectivity index (χ3v) is 1.66. The monoisotopic (exact) mass is 190 g/mol. The number of rotatable bonds is 6. The molecule has 0 aromatic heterocycles. The molecule has 0 saturated carbocycles. The Morgan fingerprint density at radius 2 is 2.15 bits per heavy atom. The number of hydrogen-bond acceptors (Lipinski definition) is 3. The molecule has 1 N–H and O–H groups in total. The molecular weight excluding hydrogens is 174 g/mol. The zero-order valence-electron chi connectivity index (χ0n) is 8.29. The van der Waals surface area contributed by atoms with Gasteiger partial charge in [0.2, 0.25) is 0 Å². The quantitative estimate of drug-likeness (QED) is 0.610. The summed E-state index contributed by atoms with van der Waals surface area (Å²) in [7, 11) is 6.82. The van der Waals surface area contributed by atoms with Gasteiger partial charge in [-0.25, -0.2) is 4.39 Å². The molecule has 0 spiro atoms. The van der Waals surface area contributed by atoms with Gasteiger partial charge in [-0.15, -0.1) is 0 Å². The van der Waals surface area contributed by atoms with Crippen LogP contribution >= 0.6 is 0 Å². The Morgan fingerprint density at radius 1 is 1.62 bits per heavy atom. The highest BCUT2D eigenvalue weighted by molar-refractivity contribution is 6.11. The topological polar surface area (TPSA) is 38.7 Å². The summed E-state index contributed by atoms with van der Waals surface area (Å²) in [5.41, 5.74) is -0.936. The lowest BCUT2D eigenvalue weighted by atomic mass is 9.94. The molecule has 0 aliphatic rings. The van der Waals surface area contributed by atoms with Crippen molar-refractivity contribution >= 4 is 7.85 Å². The van der Waals surface area contributed by atoms with Crippen LogP contribution in [0.5, 0.6) is 0 Å². The van der Waals surface area contributed by atoms with Crippen LogP contribution in [0.1, 0.15) is 13.8 Å². The van der Waals surface area contributed by atoms with Crippen molar-refractivity contribution in [3.63, 3.8) is 0 Å². The zero-order chi connectivity index (χ0) is 10.5. The lowest BCUT2D eigenvalue weighted by molar-refractivity contribution is -0.129. The maximum Gasteiger partial charge on any atom is 0.115 e. The van der Waals surface area contributed by atoms with Crippen LogP contribution in [0.15, 0.2) is 0 Å². The van der Waals surface area contributed by atoms with E-state index < -0.39 is 17.8 Å². The summed E-state index contributed by atoms with van der Waals surface area (Å²) in [5, 5.41) is 8.96. The van der Waals surface area contributed by atoms with Gasteiger partial charge in [0.1, 0.15) is 19.6 Å². The summed E-state index contributed by atoms with van der Waals surface area (Å²) in [6.45, 7) is 2.82. The predicted octanol–water partition coefficient (Wildman–Crippen LogP) is 0.253. The van der Waals surface area contributed by atoms with E-state index in [0.717, 1.165) is 0 Å². The van der Waals surface area contributed by atoms with Crippen molar-refractivity contribution in [3.8, 4) is 0 Å². The Hall–Kier alpha value is -0.125. The van der Waals surface area contributed by atoms with Gasteiger partial charge in [-0.2, -0.15) is 0 Å². The van der Waals surface area contributed by atoms with Crippen LogP contribution in [0, 0.1) is 0 Å². The number of alkyl halides is 1. The number of aliphatic hydroxyl groups is 1. The fraction of sp³-hybridized carbons (Fsp3) is 1.00. The van der Waals surface area contributed by atoms with Crippen molar-refractivity contribution in [1.82, 2.24) is 0 Å². The number of halogens is 1. The van der Waals surface area contributed by atoms with Crippen LogP contribution in [-0.4, -0.2) is 51.1 Å². The SMILES string of the molecule is [B]C(O[C@@](C)(CO)COC)[C@H](C)F. The summed E-state index contributed by atoms with van der Waals surface area (Å²) in [6, 6.07) is -1.03. The summed E-state index contributed by atoms with van der Waals surface area (Å²) in [5.74, 6) is 0. The van der Waals surface area contributed by atoms with Gasteiger partial charge in [0.05, 0.1) is 13.2 Å². The number of ether oxygens (including phenoxy) is 2. The number of aliphatic hydroxyl groups excluding tert-OH is 1. The minimum absolute atomic E-state index is 0.171. The fourth-order valence-corrected chi connectivity index (χ4v) is 0.845. The molecule has 5 heteroatoms. The van der Waals surface area contributed by atoms with E-state index in [1.165, 1.54) is 14.0 Å². The van der Waals surface area contributed by atoms with E-state index in [2.05, 4.69) is 0 Å². The second kappa shape index (κ2) is 5.57. The molecule has 0 fully saturated rings. The van der Waals surface area contributed by atoms with Crippen molar-refractivity contribution in [3.05, 3.63) is 0 Å². The normalized spacial score (nSPS) is 20.7. The molecule has 1 unspecified atom stereocenters. The first-order chi connectivity index (χ1) is 5.95. The highest BCUT2D eigenvalue weighted by atomic mass is 19.1. The predicted molar refractivity (Wildman–Crippen MR) is 48.6 cm³/mol. The molecule has 0 bridgehead atoms. The Balaban J connectivity index is 4.09. The Labute approximate surface area is 79.6 Å². The number of methoxy groups -OCH3 is 1. The van der Waals surface area contributed by atoms with E-state index in [1.807, 2.05) is 0 Å². The van der Waals surface area contributed by atoms with Crippen LogP contribution in [0.2, 0.25) is 0 Å². The van der Waals surface area contributed by atoms with Gasteiger partial charge in [-0.05, 0) is 13.8 Å². The van der Waals surface area contributed by atoms with Gasteiger partial charge in [-0.3, -0.25) is 0 Å². The van der Waals surface area contributed by atoms with Crippen molar-refractivity contribution < 1.29 is 19.0 Å². The van der Waals surface area contributed by atoms with Gasteiger partial charge in [0, 0.05) is 13.1 Å². The average molecular weight is 190 g/mol. The van der Waals surface area contributed by atoms with Crippen molar-refractivity contribution in [2.45, 2.75) is 31.6 Å². The molecule has 3 atom stereocenters. The molecule has 3 nitrogen and oxygen atoms in total. The summed E-state index contributed by atoms with van der Waals surface area (Å²) < 4.78 is 22.6. The summed E-state index contributed by atoms with van der Waals surface area (Å²) in [4.78, 5) is 0. The highest BCUT2D eigenvalue weighted by Gasteiger charge is 2.28. The van der Waals surface area contributed by atoms with E-state index >= 15 is 0 Å². The smallest absolute Gasteiger partial charge is 0.115 e. The van der Waals surface area contributed by atoms with E-state index in [0.29, 0.717) is 0 Å². The lowest BCUT2D eigenvalue weighted by Crippen LogP contribution is -2.44. The second-order valence-electron chi connectivity index (χ2n) is 3.30. The standard InChI is InChI=1S/C8H16BFO3/c1-6(10)7(9)13-8(2,4-11)5-12-3/h6-7,11H,4-5H2,1-3H3/t6-,7?,8-/m0/s1. The van der Waals surface area contributed by atoms with Crippen LogP contribution in [0.25, 0.3) is 0 Å². The van der Waals surface area contributed by atoms with Crippen LogP contribution < -0.4 is 0 Å². The first-order valence-corrected chi connectivity index (χ1v) is 4.12. The summed E-state index contributed by atoms with van der Waals surface area (Å²) in [6.07, 6.45) is -1.28. The van der Waals surface area contributed by atoms with Crippen LogP contribution in [0.3, 0.4) is 0 Å². The van der Waals surface area contributed by atoms with Gasteiger partial charge >= 0.3 is 0 Å². The van der Waals surface area contributed by atoms with E-state index in [1.54, 1.807) is 6.92 Å². The lowest BCUT2D eigenvalue weighted by Gasteiger charge is -2.31. The maximum absolute atomic E-state index is 12.6. The molecule has 13 heavy (non-hydrogen) atoms. The minimum atomic E-state index is -1.28. The van der Waals surface area contributed by atoms with Gasteiger partial charge in [0.15, 0.2) is 0 Å². The van der Waals surface area contributed by atoms with Gasteiger partial charge < -0.3 is 14.6 Å². The molecule has 0 rings (SSSR count). The van der Waals surface area contributed by atoms with Crippen molar-refractivity contribution in [2.24, 2.45) is 0 Å². The first-order valence-electron chi connectivity index (χ1n) is 4.12. The molecule has 0 aliphatic carbocycles. The van der Waals surface area contributed by atoms with Gasteiger partial charge in [0.25, 0.3) is 0 Å². The molecule has 0 aliphatic heterocycles. The average Bonchev–Trinajstić information content (AvgIpc) is 2.04. The third kappa shape index (κ3) is 4.59. The van der Waals surface area contributed by atoms with Gasteiger partial charge in [-0.1, -0.05) is 0 Å². The molecule has 0 aromatic carbocycles. The maximum atomic E-state index is 12.6. The van der Waals surface area contributed by atoms with Crippen molar-refractivity contribution in [2.75, 3.05) is 20.3 Å². The Kier molecular flexibility index (Phi) is 5.52. The molecule has 0 aromatic rings. The second-order valence-corrected chi connectivity index (χ2v) is 3.30. The molecular formula is C8H16BFO3. The van der Waals surface area contributed by atoms with Crippen LogP contribution in [-0.2, 0) is 9.47 Å². The highest BCUT2D eigenvalue weighted by Crippen LogP contribution is 2.14. The minimum Gasteiger partial charge on any atom is -0.393 e. The first kappa shape index (κ1) is 12.9. The van der Waals surface area contributed by atoms with Crippen molar-refractivity contribution in [1.29, 1.82) is 0 Å². The van der Waals surface area contributed by atoms with Crippen LogP contribution in [0.4, 0.5) is 4.39 Å². The van der Waals surface area contributed by atoms with E-state index in [4.69, 9.17) is 22.4 Å². The largest absolute Gasteiger partial charge is 0.393 e. The molecule has 76 valence electrons.